The molecule has 1 aromatic heterocycles. The molecular formula is C17H20ClN3O4. The van der Waals surface area contributed by atoms with E-state index in [0.717, 1.165) is 24.3 Å². The highest BCUT2D eigenvalue weighted by Crippen LogP contribution is 2.37. The Morgan fingerprint density at radius 2 is 2.08 bits per heavy atom. The third-order valence-corrected chi connectivity index (χ3v) is 4.51. The van der Waals surface area contributed by atoms with Crippen LogP contribution in [-0.2, 0) is 0 Å². The lowest BCUT2D eigenvalue weighted by atomic mass is 10.1. The summed E-state index contributed by atoms with van der Waals surface area (Å²) in [6.07, 6.45) is 1.75. The molecule has 2 aromatic rings. The van der Waals surface area contributed by atoms with E-state index in [-0.39, 0.29) is 12.1 Å². The lowest BCUT2D eigenvalue weighted by Crippen LogP contribution is -2.34. The summed E-state index contributed by atoms with van der Waals surface area (Å²) in [4.78, 5) is 14.5. The van der Waals surface area contributed by atoms with Crippen molar-refractivity contribution in [2.24, 2.45) is 0 Å². The van der Waals surface area contributed by atoms with E-state index < -0.39 is 0 Å². The summed E-state index contributed by atoms with van der Waals surface area (Å²) in [5.41, 5.74) is 1.25. The normalized spacial score (nSPS) is 16.8. The van der Waals surface area contributed by atoms with Crippen LogP contribution in [0, 0.1) is 6.92 Å². The molecule has 25 heavy (non-hydrogen) atoms. The standard InChI is InChI=1S/C17H20ClN3O4/c1-10-7-12(20-25-10)14-5-4-6-21(14)17(22)19-13-8-11(18)15(23-2)9-16(13)24-3/h7-9,14H,4-6H2,1-3H3,(H,19,22). The molecule has 3 rings (SSSR count). The maximum atomic E-state index is 12.8. The van der Waals surface area contributed by atoms with Crippen LogP contribution in [0.2, 0.25) is 5.02 Å². The molecule has 0 spiro atoms. The zero-order chi connectivity index (χ0) is 18.0. The monoisotopic (exact) mass is 365 g/mol. The van der Waals surface area contributed by atoms with Crippen molar-refractivity contribution in [2.45, 2.75) is 25.8 Å². The molecule has 1 atom stereocenters. The van der Waals surface area contributed by atoms with E-state index in [0.29, 0.717) is 28.8 Å². The number of anilines is 1. The van der Waals surface area contributed by atoms with Crippen LogP contribution in [0.25, 0.3) is 0 Å². The van der Waals surface area contributed by atoms with E-state index in [9.17, 15) is 4.79 Å². The number of methoxy groups -OCH3 is 2. The van der Waals surface area contributed by atoms with Crippen molar-refractivity contribution in [3.63, 3.8) is 0 Å². The highest BCUT2D eigenvalue weighted by atomic mass is 35.5. The Balaban J connectivity index is 1.81. The first-order chi connectivity index (χ1) is 12.0. The van der Waals surface area contributed by atoms with Crippen molar-refractivity contribution < 1.29 is 18.8 Å². The SMILES string of the molecule is COc1cc(OC)c(NC(=O)N2CCCC2c2cc(C)on2)cc1Cl. The summed E-state index contributed by atoms with van der Waals surface area (Å²) >= 11 is 6.16. The third-order valence-electron chi connectivity index (χ3n) is 4.22. The summed E-state index contributed by atoms with van der Waals surface area (Å²) in [6, 6.07) is 4.78. The summed E-state index contributed by atoms with van der Waals surface area (Å²) in [6.45, 7) is 2.48. The van der Waals surface area contributed by atoms with Crippen molar-refractivity contribution in [1.29, 1.82) is 0 Å². The van der Waals surface area contributed by atoms with E-state index in [1.54, 1.807) is 17.0 Å². The molecule has 8 heteroatoms. The number of nitrogens with one attached hydrogen (secondary N) is 1. The Morgan fingerprint density at radius 3 is 2.72 bits per heavy atom. The van der Waals surface area contributed by atoms with Crippen LogP contribution in [0.4, 0.5) is 10.5 Å². The molecule has 0 saturated carbocycles. The molecule has 1 aliphatic heterocycles. The van der Waals surface area contributed by atoms with Gasteiger partial charge in [-0.05, 0) is 25.8 Å². The van der Waals surface area contributed by atoms with Crippen molar-refractivity contribution in [3.8, 4) is 11.5 Å². The Hall–Kier alpha value is -2.41. The third kappa shape index (κ3) is 3.51. The van der Waals surface area contributed by atoms with Gasteiger partial charge in [-0.1, -0.05) is 16.8 Å². The number of benzene rings is 1. The molecule has 1 aromatic carbocycles. The Morgan fingerprint density at radius 1 is 1.32 bits per heavy atom. The molecule has 1 aliphatic rings. The topological polar surface area (TPSA) is 76.8 Å². The number of hydrogen-bond donors (Lipinski definition) is 1. The lowest BCUT2D eigenvalue weighted by molar-refractivity contribution is 0.204. The van der Waals surface area contributed by atoms with Gasteiger partial charge in [-0.15, -0.1) is 0 Å². The van der Waals surface area contributed by atoms with Gasteiger partial charge in [0, 0.05) is 18.7 Å². The van der Waals surface area contributed by atoms with E-state index in [1.807, 2.05) is 13.0 Å². The average Bonchev–Trinajstić information content (AvgIpc) is 3.23. The Bertz CT molecular complexity index is 777. The number of rotatable bonds is 4. The molecule has 1 saturated heterocycles. The van der Waals surface area contributed by atoms with Crippen molar-refractivity contribution in [3.05, 3.63) is 34.7 Å². The summed E-state index contributed by atoms with van der Waals surface area (Å²) in [5, 5.41) is 7.31. The van der Waals surface area contributed by atoms with Gasteiger partial charge >= 0.3 is 6.03 Å². The molecule has 1 unspecified atom stereocenters. The average molecular weight is 366 g/mol. The van der Waals surface area contributed by atoms with Gasteiger partial charge in [0.15, 0.2) is 0 Å². The van der Waals surface area contributed by atoms with Crippen LogP contribution >= 0.6 is 11.6 Å². The minimum Gasteiger partial charge on any atom is -0.495 e. The number of amides is 2. The van der Waals surface area contributed by atoms with Crippen LogP contribution < -0.4 is 14.8 Å². The largest absolute Gasteiger partial charge is 0.495 e. The molecule has 7 nitrogen and oxygen atoms in total. The number of hydrogen-bond acceptors (Lipinski definition) is 5. The molecule has 1 N–H and O–H groups in total. The number of carbonyl (C=O) groups excluding carboxylic acids is 1. The number of nitrogens with zero attached hydrogens (tertiary/aromatic N) is 2. The maximum Gasteiger partial charge on any atom is 0.322 e. The highest BCUT2D eigenvalue weighted by molar-refractivity contribution is 6.32. The van der Waals surface area contributed by atoms with Gasteiger partial charge < -0.3 is 24.2 Å². The van der Waals surface area contributed by atoms with Gasteiger partial charge in [0.05, 0.1) is 31.0 Å². The molecule has 0 bridgehead atoms. The summed E-state index contributed by atoms with van der Waals surface area (Å²) < 4.78 is 15.6. The molecular weight excluding hydrogens is 346 g/mol. The van der Waals surface area contributed by atoms with E-state index in [1.165, 1.54) is 14.2 Å². The number of likely N-dealkylation sites (tertiary alicyclic amines) is 1. The Kier molecular flexibility index (Phi) is 5.03. The minimum atomic E-state index is -0.234. The summed E-state index contributed by atoms with van der Waals surface area (Å²) in [5.74, 6) is 1.68. The van der Waals surface area contributed by atoms with Crippen molar-refractivity contribution in [1.82, 2.24) is 10.1 Å². The van der Waals surface area contributed by atoms with E-state index in [4.69, 9.17) is 25.6 Å². The zero-order valence-electron chi connectivity index (χ0n) is 14.3. The fourth-order valence-electron chi connectivity index (χ4n) is 3.00. The fourth-order valence-corrected chi connectivity index (χ4v) is 3.25. The first-order valence-electron chi connectivity index (χ1n) is 7.96. The first-order valence-corrected chi connectivity index (χ1v) is 8.33. The van der Waals surface area contributed by atoms with Gasteiger partial charge in [0.2, 0.25) is 0 Å². The molecule has 134 valence electrons. The number of ether oxygens (including phenoxy) is 2. The molecule has 2 heterocycles. The van der Waals surface area contributed by atoms with Gasteiger partial charge in [-0.2, -0.15) is 0 Å². The second kappa shape index (κ2) is 7.23. The molecule has 0 aliphatic carbocycles. The van der Waals surface area contributed by atoms with Crippen molar-refractivity contribution >= 4 is 23.3 Å². The summed E-state index contributed by atoms with van der Waals surface area (Å²) in [7, 11) is 3.04. The number of aromatic nitrogens is 1. The number of carbonyl (C=O) groups is 1. The van der Waals surface area contributed by atoms with Crippen molar-refractivity contribution in [2.75, 3.05) is 26.1 Å². The predicted molar refractivity (Wildman–Crippen MR) is 93.5 cm³/mol. The van der Waals surface area contributed by atoms with Gasteiger partial charge in [0.1, 0.15) is 23.0 Å². The Labute approximate surface area is 150 Å². The number of aryl methyl sites for hydroxylation is 1. The fraction of sp³-hybridized carbons (Fsp3) is 0.412. The van der Waals surface area contributed by atoms with Crippen LogP contribution in [0.15, 0.2) is 22.7 Å². The molecule has 1 fully saturated rings. The molecule has 2 amide bonds. The van der Waals surface area contributed by atoms with Crippen LogP contribution in [0.5, 0.6) is 11.5 Å². The quantitative estimate of drug-likeness (QED) is 0.885. The minimum absolute atomic E-state index is 0.0998. The first kappa shape index (κ1) is 17.4. The van der Waals surface area contributed by atoms with Crippen LogP contribution in [-0.4, -0.2) is 36.9 Å². The smallest absolute Gasteiger partial charge is 0.322 e. The highest BCUT2D eigenvalue weighted by Gasteiger charge is 2.32. The second-order valence-corrected chi connectivity index (χ2v) is 6.24. The van der Waals surface area contributed by atoms with Gasteiger partial charge in [0.25, 0.3) is 0 Å². The number of urea groups is 1. The predicted octanol–water partition coefficient (Wildman–Crippen LogP) is 4.02. The maximum absolute atomic E-state index is 12.8. The van der Waals surface area contributed by atoms with Gasteiger partial charge in [-0.25, -0.2) is 4.79 Å². The van der Waals surface area contributed by atoms with E-state index in [2.05, 4.69) is 10.5 Å². The van der Waals surface area contributed by atoms with E-state index >= 15 is 0 Å². The second-order valence-electron chi connectivity index (χ2n) is 5.83. The van der Waals surface area contributed by atoms with Gasteiger partial charge in [-0.3, -0.25) is 0 Å². The zero-order valence-corrected chi connectivity index (χ0v) is 15.1. The lowest BCUT2D eigenvalue weighted by Gasteiger charge is -2.24. The molecule has 0 radical (unpaired) electrons. The van der Waals surface area contributed by atoms with Crippen LogP contribution in [0.3, 0.4) is 0 Å². The van der Waals surface area contributed by atoms with Crippen LogP contribution in [0.1, 0.15) is 30.3 Å². The number of halogens is 1.